The number of ether oxygens (including phenoxy) is 4. The molecule has 2 aromatic rings. The lowest BCUT2D eigenvalue weighted by Gasteiger charge is -2.62. The molecule has 2 saturated heterocycles. The number of amides is 2. The second-order valence-electron chi connectivity index (χ2n) is 14.4. The monoisotopic (exact) mass is 921 g/mol. The third kappa shape index (κ3) is 11.0. The average molecular weight is 922 g/mol. The van der Waals surface area contributed by atoms with Crippen molar-refractivity contribution in [2.45, 2.75) is 91.7 Å². The summed E-state index contributed by atoms with van der Waals surface area (Å²) in [5, 5.41) is 21.2. The lowest BCUT2D eigenvalue weighted by Crippen LogP contribution is -2.88. The number of benzene rings is 2. The zero-order chi connectivity index (χ0) is 46.4. The van der Waals surface area contributed by atoms with Gasteiger partial charge in [0.1, 0.15) is 31.8 Å². The molecule has 2 aromatic carbocycles. The van der Waals surface area contributed by atoms with Crippen LogP contribution in [0.5, 0.6) is 0 Å². The number of carbonyl (C=O) groups excluding carboxylic acids is 5. The largest absolute Gasteiger partial charge is 0.508 e. The van der Waals surface area contributed by atoms with Crippen LogP contribution in [0, 0.1) is 25.6 Å². The fourth-order valence-electron chi connectivity index (χ4n) is 7.18. The summed E-state index contributed by atoms with van der Waals surface area (Å²) >= 11 is 1.13. The highest BCUT2D eigenvalue weighted by molar-refractivity contribution is 7.99. The van der Waals surface area contributed by atoms with Crippen molar-refractivity contribution in [3.05, 3.63) is 86.0 Å². The predicted molar refractivity (Wildman–Crippen MR) is 229 cm³/mol. The zero-order valence-electron chi connectivity index (χ0n) is 36.1. The summed E-state index contributed by atoms with van der Waals surface area (Å²) in [6, 6.07) is 10.6. The van der Waals surface area contributed by atoms with Crippen LogP contribution >= 0.6 is 19.3 Å². The molecule has 0 bridgehead atoms. The van der Waals surface area contributed by atoms with Gasteiger partial charge < -0.3 is 37.4 Å². The van der Waals surface area contributed by atoms with Crippen LogP contribution in [0.4, 0.5) is 16.2 Å². The van der Waals surface area contributed by atoms with Crippen LogP contribution in [0.25, 0.3) is 0 Å². The van der Waals surface area contributed by atoms with Crippen molar-refractivity contribution in [2.75, 3.05) is 45.3 Å². The lowest BCUT2D eigenvalue weighted by molar-refractivity contribution is -0.870. The second kappa shape index (κ2) is 23.1. The summed E-state index contributed by atoms with van der Waals surface area (Å²) in [7, 11) is -4.22. The first kappa shape index (κ1) is 50.7. The first-order chi connectivity index (χ1) is 30.1. The smallest absolute Gasteiger partial charge is 0.453 e. The van der Waals surface area contributed by atoms with E-state index in [2.05, 4.69) is 0 Å². The Morgan fingerprint density at radius 3 is 1.87 bits per heavy atom. The number of esters is 1. The summed E-state index contributed by atoms with van der Waals surface area (Å²) in [5.74, 6) is -0.375. The van der Waals surface area contributed by atoms with Gasteiger partial charge >= 0.3 is 31.0 Å². The van der Waals surface area contributed by atoms with Gasteiger partial charge in [-0.25, -0.2) is 19.2 Å². The van der Waals surface area contributed by atoms with E-state index in [1.165, 1.54) is 67.3 Å². The zero-order valence-corrected chi connectivity index (χ0v) is 37.8. The number of thioether (sulfide) groups is 1. The van der Waals surface area contributed by atoms with E-state index < -0.39 is 75.1 Å². The number of β-lactam (4-membered cyclic amide) rings is 1. The Hall–Kier alpha value is -4.98. The molecule has 0 aromatic heterocycles. The summed E-state index contributed by atoms with van der Waals surface area (Å²) < 4.78 is 42.0. The third-order valence-corrected chi connectivity index (χ3v) is 14.2. The Morgan fingerprint density at radius 1 is 0.921 bits per heavy atom. The molecule has 344 valence electrons. The van der Waals surface area contributed by atoms with Gasteiger partial charge in [-0.1, -0.05) is 39.5 Å². The lowest BCUT2D eigenvalue weighted by atomic mass is 9.70. The van der Waals surface area contributed by atoms with Crippen molar-refractivity contribution < 1.29 is 70.8 Å². The van der Waals surface area contributed by atoms with Gasteiger partial charge in [-0.2, -0.15) is 4.48 Å². The average Bonchev–Trinajstić information content (AvgIpc) is 3.28. The number of nitro groups is 2. The minimum atomic E-state index is -4.22. The maximum atomic E-state index is 16.0. The minimum Gasteiger partial charge on any atom is -0.453 e. The molecule has 2 aliphatic heterocycles. The molecule has 5 unspecified atom stereocenters. The number of likely N-dealkylation sites (tertiary alicyclic amines) is 1. The highest BCUT2D eigenvalue weighted by Crippen LogP contribution is 2.63. The normalized spacial score (nSPS) is 21.3. The molecule has 63 heavy (non-hydrogen) atoms. The number of nitro benzene ring substituents is 2. The highest BCUT2D eigenvalue weighted by atomic mass is 32.2. The van der Waals surface area contributed by atoms with E-state index in [1.807, 2.05) is 20.8 Å². The predicted octanol–water partition coefficient (Wildman–Crippen LogP) is 6.48. The number of morpholine rings is 1. The van der Waals surface area contributed by atoms with Crippen molar-refractivity contribution in [3.63, 3.8) is 0 Å². The van der Waals surface area contributed by atoms with Crippen molar-refractivity contribution in [2.24, 2.45) is 5.41 Å². The molecular formula is C41H54N4O16PS+. The van der Waals surface area contributed by atoms with Crippen LogP contribution < -0.4 is 0 Å². The van der Waals surface area contributed by atoms with E-state index in [9.17, 15) is 34.6 Å². The van der Waals surface area contributed by atoms with Crippen molar-refractivity contribution in [1.29, 1.82) is 0 Å². The van der Waals surface area contributed by atoms with Crippen LogP contribution in [0.1, 0.15) is 71.9 Å². The van der Waals surface area contributed by atoms with Gasteiger partial charge in [0.2, 0.25) is 17.6 Å². The molecule has 0 aliphatic carbocycles. The molecule has 2 aliphatic rings. The summed E-state index contributed by atoms with van der Waals surface area (Å²) in [6.07, 6.45) is -1.90. The second-order valence-corrected chi connectivity index (χ2v) is 18.0. The molecule has 2 fully saturated rings. The van der Waals surface area contributed by atoms with E-state index in [0.29, 0.717) is 30.4 Å². The van der Waals surface area contributed by atoms with E-state index in [4.69, 9.17) is 32.5 Å². The molecule has 5 atom stereocenters. The minimum absolute atomic E-state index is 0.00922. The summed E-state index contributed by atoms with van der Waals surface area (Å²) in [5.41, 5.74) is -2.08. The van der Waals surface area contributed by atoms with Gasteiger partial charge in [0.05, 0.1) is 36.3 Å². The molecule has 0 N–H and O–H groups in total. The van der Waals surface area contributed by atoms with E-state index in [1.54, 1.807) is 12.9 Å². The van der Waals surface area contributed by atoms with Gasteiger partial charge in [0, 0.05) is 43.8 Å². The maximum absolute atomic E-state index is 16.0. The molecular weight excluding hydrogens is 868 g/mol. The van der Waals surface area contributed by atoms with Crippen molar-refractivity contribution in [3.8, 4) is 0 Å². The number of hydrogen-bond acceptors (Lipinski definition) is 17. The van der Waals surface area contributed by atoms with Gasteiger partial charge in [0.15, 0.2) is 5.37 Å². The molecule has 0 spiro atoms. The molecule has 4 rings (SSSR count). The number of nitrogens with zero attached hydrogens (tertiary/aromatic N) is 4. The Labute approximate surface area is 369 Å². The van der Waals surface area contributed by atoms with E-state index >= 15 is 9.59 Å². The van der Waals surface area contributed by atoms with Gasteiger partial charge in [-0.05, 0) is 67.3 Å². The Kier molecular flexibility index (Phi) is 18.6. The Bertz CT molecular complexity index is 2050. The number of carbonyl (C=O) groups is 4. The van der Waals surface area contributed by atoms with Gasteiger partial charge in [0.25, 0.3) is 11.4 Å². The van der Waals surface area contributed by atoms with Gasteiger partial charge in [-0.15, -0.1) is 0 Å². The molecule has 20 nitrogen and oxygen atoms in total. The SMILES string of the molecule is CCCOP(OCCC)(OCCC)=C(C(=O)OCc1ccc([N+](=O)[O-])cc1)[N+]1(C2CN(C(C)=O)CCO2)C(=O)C(C=C=O)(C(C)OC(=O)OCc2ccc([N+](=O)[O-])cc2)C1SCC. The van der Waals surface area contributed by atoms with Crippen molar-refractivity contribution in [1.82, 2.24) is 4.90 Å². The first-order valence-electron chi connectivity index (χ1n) is 20.4. The molecule has 22 heteroatoms. The van der Waals surface area contributed by atoms with Crippen LogP contribution in [0.15, 0.2) is 54.6 Å². The van der Waals surface area contributed by atoms with E-state index in [0.717, 1.165) is 17.8 Å². The number of non-ortho nitro benzene ring substituents is 2. The maximum Gasteiger partial charge on any atom is 0.508 e. The molecule has 2 amide bonds. The molecule has 0 saturated carbocycles. The van der Waals surface area contributed by atoms with Crippen LogP contribution in [0.3, 0.4) is 0 Å². The van der Waals surface area contributed by atoms with Crippen LogP contribution in [0.2, 0.25) is 0 Å². The van der Waals surface area contributed by atoms with Crippen molar-refractivity contribution >= 4 is 66.0 Å². The topological polar surface area (TPSA) is 239 Å². The summed E-state index contributed by atoms with van der Waals surface area (Å²) in [6.45, 7) is 9.00. The highest BCUT2D eigenvalue weighted by Gasteiger charge is 2.83. The van der Waals surface area contributed by atoms with Gasteiger partial charge in [-0.3, -0.25) is 25.0 Å². The van der Waals surface area contributed by atoms with Crippen LogP contribution in [-0.4, -0.2) is 118 Å². The Morgan fingerprint density at radius 2 is 1.43 bits per heavy atom. The van der Waals surface area contributed by atoms with E-state index in [-0.39, 0.29) is 69.2 Å². The number of rotatable bonds is 23. The number of quaternary nitrogens is 1. The Balaban J connectivity index is 1.98. The summed E-state index contributed by atoms with van der Waals surface area (Å²) in [4.78, 5) is 93.0. The standard InChI is InChI=1S/C41H54N4O16PS/c1-7-22-58-62(59-23-8-2,60-24-9-3)36(37(48)56-27-31-11-15-33(16-12-31)43(51)52)45(35-26-42(30(6)47)20-25-55-35)38(49)41(19-21-46,39(45)63-10-4)29(5)61-40(50)57-28-32-13-17-34(18-14-32)44(53)54/h11-19,29,35,39H,7-10,20,22-28H2,1-6H3/q+1. The molecule has 2 heterocycles. The molecule has 0 radical (unpaired) electrons. The number of hydrogen-bond donors (Lipinski definition) is 0. The fourth-order valence-corrected chi connectivity index (χ4v) is 11.7. The fraction of sp³-hybridized carbons (Fsp3) is 0.537. The quantitative estimate of drug-likeness (QED) is 0.0220. The first-order valence-corrected chi connectivity index (χ1v) is 23.0. The third-order valence-electron chi connectivity index (χ3n) is 10.2. The van der Waals surface area contributed by atoms with Crippen LogP contribution in [-0.2, 0) is 64.9 Å².